The van der Waals surface area contributed by atoms with Crippen molar-refractivity contribution in [1.29, 1.82) is 0 Å². The van der Waals surface area contributed by atoms with Gasteiger partial charge >= 0.3 is 0 Å². The Labute approximate surface area is 110 Å². The van der Waals surface area contributed by atoms with Crippen molar-refractivity contribution in [3.63, 3.8) is 0 Å². The molecule has 0 radical (unpaired) electrons. The average Bonchev–Trinajstić information content (AvgIpc) is 2.35. The van der Waals surface area contributed by atoms with Crippen molar-refractivity contribution >= 4 is 32.5 Å². The first-order valence-electron chi connectivity index (χ1n) is 5.74. The fourth-order valence-corrected chi connectivity index (χ4v) is 1.98. The third-order valence-corrected chi connectivity index (χ3v) is 3.23. The van der Waals surface area contributed by atoms with E-state index < -0.39 is 0 Å². The standard InChI is InChI=1S/C13H16BrN3/c1-10(14)7-8-17(2)13-12-6-4-3-5-11(12)9-15-16-13/h3-6,9-10H,7-8H2,1-2H3. The van der Waals surface area contributed by atoms with Gasteiger partial charge in [0.15, 0.2) is 5.82 Å². The van der Waals surface area contributed by atoms with Crippen LogP contribution in [0.15, 0.2) is 30.5 Å². The zero-order chi connectivity index (χ0) is 12.3. The number of nitrogens with zero attached hydrogens (tertiary/aromatic N) is 3. The lowest BCUT2D eigenvalue weighted by atomic mass is 10.2. The van der Waals surface area contributed by atoms with Gasteiger partial charge in [0, 0.05) is 29.2 Å². The van der Waals surface area contributed by atoms with Gasteiger partial charge in [-0.2, -0.15) is 5.10 Å². The Hall–Kier alpha value is -1.16. The molecule has 0 aliphatic carbocycles. The van der Waals surface area contributed by atoms with Crippen molar-refractivity contribution in [2.75, 3.05) is 18.5 Å². The lowest BCUT2D eigenvalue weighted by Crippen LogP contribution is -2.22. The number of rotatable bonds is 4. The Morgan fingerprint density at radius 1 is 1.35 bits per heavy atom. The first-order valence-corrected chi connectivity index (χ1v) is 6.65. The Morgan fingerprint density at radius 2 is 2.12 bits per heavy atom. The molecule has 0 aliphatic heterocycles. The van der Waals surface area contributed by atoms with Crippen LogP contribution in [0.3, 0.4) is 0 Å². The molecule has 1 unspecified atom stereocenters. The minimum absolute atomic E-state index is 0.521. The predicted octanol–water partition coefficient (Wildman–Crippen LogP) is 3.24. The summed E-state index contributed by atoms with van der Waals surface area (Å²) in [6.07, 6.45) is 2.89. The van der Waals surface area contributed by atoms with Crippen LogP contribution >= 0.6 is 15.9 Å². The fraction of sp³-hybridized carbons (Fsp3) is 0.385. The summed E-state index contributed by atoms with van der Waals surface area (Å²) in [5.74, 6) is 0.955. The van der Waals surface area contributed by atoms with Crippen LogP contribution < -0.4 is 4.90 Å². The van der Waals surface area contributed by atoms with E-state index in [0.717, 1.165) is 29.6 Å². The second-order valence-corrected chi connectivity index (χ2v) is 5.81. The largest absolute Gasteiger partial charge is 0.358 e. The first-order chi connectivity index (χ1) is 8.18. The molecular weight excluding hydrogens is 278 g/mol. The topological polar surface area (TPSA) is 29.0 Å². The summed E-state index contributed by atoms with van der Waals surface area (Å²) in [6, 6.07) is 8.21. The number of anilines is 1. The fourth-order valence-electron chi connectivity index (χ4n) is 1.77. The number of benzene rings is 1. The maximum atomic E-state index is 4.25. The zero-order valence-electron chi connectivity index (χ0n) is 10.1. The number of alkyl halides is 1. The monoisotopic (exact) mass is 293 g/mol. The first kappa shape index (κ1) is 12.3. The minimum atomic E-state index is 0.521. The highest BCUT2D eigenvalue weighted by Crippen LogP contribution is 2.22. The number of hydrogen-bond acceptors (Lipinski definition) is 3. The van der Waals surface area contributed by atoms with Crippen LogP contribution in [0.2, 0.25) is 0 Å². The molecule has 17 heavy (non-hydrogen) atoms. The molecule has 0 spiro atoms. The van der Waals surface area contributed by atoms with Gasteiger partial charge < -0.3 is 4.90 Å². The van der Waals surface area contributed by atoms with Gasteiger partial charge in [0.2, 0.25) is 0 Å². The summed E-state index contributed by atoms with van der Waals surface area (Å²) in [7, 11) is 2.06. The highest BCUT2D eigenvalue weighted by atomic mass is 79.9. The quantitative estimate of drug-likeness (QED) is 0.811. The van der Waals surface area contributed by atoms with E-state index in [1.807, 2.05) is 12.1 Å². The molecule has 2 rings (SSSR count). The molecule has 1 aromatic heterocycles. The van der Waals surface area contributed by atoms with Gasteiger partial charge in [-0.15, -0.1) is 5.10 Å². The molecule has 0 saturated heterocycles. The molecule has 3 nitrogen and oxygen atoms in total. The minimum Gasteiger partial charge on any atom is -0.358 e. The van der Waals surface area contributed by atoms with E-state index in [1.54, 1.807) is 6.20 Å². The van der Waals surface area contributed by atoms with Crippen LogP contribution in [0.5, 0.6) is 0 Å². The molecule has 1 atom stereocenters. The van der Waals surface area contributed by atoms with Crippen LogP contribution in [0.25, 0.3) is 10.8 Å². The molecule has 0 amide bonds. The van der Waals surface area contributed by atoms with Crippen LogP contribution in [0.1, 0.15) is 13.3 Å². The summed E-state index contributed by atoms with van der Waals surface area (Å²) < 4.78 is 0. The molecular formula is C13H16BrN3. The SMILES string of the molecule is CC(Br)CCN(C)c1nncc2ccccc12. The van der Waals surface area contributed by atoms with Crippen molar-refractivity contribution in [3.8, 4) is 0 Å². The molecule has 2 aromatic rings. The second-order valence-electron chi connectivity index (χ2n) is 4.25. The highest BCUT2D eigenvalue weighted by molar-refractivity contribution is 9.09. The summed E-state index contributed by atoms with van der Waals surface area (Å²) in [6.45, 7) is 3.12. The lowest BCUT2D eigenvalue weighted by molar-refractivity contribution is 0.774. The summed E-state index contributed by atoms with van der Waals surface area (Å²) in [5, 5.41) is 10.6. The van der Waals surface area contributed by atoms with Crippen LogP contribution in [0.4, 0.5) is 5.82 Å². The molecule has 0 bridgehead atoms. The van der Waals surface area contributed by atoms with Gasteiger partial charge in [-0.3, -0.25) is 0 Å². The van der Waals surface area contributed by atoms with E-state index in [-0.39, 0.29) is 0 Å². The Balaban J connectivity index is 2.28. The Kier molecular flexibility index (Phi) is 3.94. The van der Waals surface area contributed by atoms with E-state index >= 15 is 0 Å². The molecule has 4 heteroatoms. The normalized spacial score (nSPS) is 12.6. The highest BCUT2D eigenvalue weighted by Gasteiger charge is 2.08. The third kappa shape index (κ3) is 2.94. The Bertz CT molecular complexity index is 493. The van der Waals surface area contributed by atoms with E-state index in [0.29, 0.717) is 4.83 Å². The van der Waals surface area contributed by atoms with Gasteiger partial charge in [0.25, 0.3) is 0 Å². The lowest BCUT2D eigenvalue weighted by Gasteiger charge is -2.19. The number of fused-ring (bicyclic) bond motifs is 1. The van der Waals surface area contributed by atoms with Crippen molar-refractivity contribution in [2.24, 2.45) is 0 Å². The van der Waals surface area contributed by atoms with Crippen LogP contribution in [-0.2, 0) is 0 Å². The van der Waals surface area contributed by atoms with Crippen LogP contribution in [0, 0.1) is 0 Å². The average molecular weight is 294 g/mol. The van der Waals surface area contributed by atoms with Crippen molar-refractivity contribution in [1.82, 2.24) is 10.2 Å². The van der Waals surface area contributed by atoms with Crippen LogP contribution in [-0.4, -0.2) is 28.6 Å². The van der Waals surface area contributed by atoms with Gasteiger partial charge in [-0.1, -0.05) is 47.1 Å². The van der Waals surface area contributed by atoms with E-state index in [2.05, 4.69) is 57.1 Å². The summed E-state index contributed by atoms with van der Waals surface area (Å²) in [4.78, 5) is 2.68. The molecule has 90 valence electrons. The van der Waals surface area contributed by atoms with Crippen molar-refractivity contribution in [2.45, 2.75) is 18.2 Å². The van der Waals surface area contributed by atoms with Gasteiger partial charge in [0.1, 0.15) is 0 Å². The van der Waals surface area contributed by atoms with Gasteiger partial charge in [0.05, 0.1) is 6.20 Å². The smallest absolute Gasteiger partial charge is 0.158 e. The second kappa shape index (κ2) is 5.45. The molecule has 1 aromatic carbocycles. The van der Waals surface area contributed by atoms with Gasteiger partial charge in [-0.25, -0.2) is 0 Å². The number of halogens is 1. The zero-order valence-corrected chi connectivity index (χ0v) is 11.7. The van der Waals surface area contributed by atoms with E-state index in [1.165, 1.54) is 0 Å². The summed E-state index contributed by atoms with van der Waals surface area (Å²) in [5.41, 5.74) is 0. The number of aromatic nitrogens is 2. The maximum Gasteiger partial charge on any atom is 0.158 e. The Morgan fingerprint density at radius 3 is 2.88 bits per heavy atom. The molecule has 0 saturated carbocycles. The molecule has 0 N–H and O–H groups in total. The van der Waals surface area contributed by atoms with Gasteiger partial charge in [-0.05, 0) is 6.42 Å². The van der Waals surface area contributed by atoms with E-state index in [4.69, 9.17) is 0 Å². The third-order valence-electron chi connectivity index (χ3n) is 2.77. The van der Waals surface area contributed by atoms with Crippen molar-refractivity contribution < 1.29 is 0 Å². The predicted molar refractivity (Wildman–Crippen MR) is 75.8 cm³/mol. The molecule has 0 aliphatic rings. The summed E-state index contributed by atoms with van der Waals surface area (Å²) >= 11 is 3.56. The maximum absolute atomic E-state index is 4.25. The van der Waals surface area contributed by atoms with E-state index in [9.17, 15) is 0 Å². The molecule has 0 fully saturated rings. The number of hydrogen-bond donors (Lipinski definition) is 0. The molecule has 1 heterocycles. The van der Waals surface area contributed by atoms with Crippen molar-refractivity contribution in [3.05, 3.63) is 30.5 Å².